The first-order chi connectivity index (χ1) is 55.1. The summed E-state index contributed by atoms with van der Waals surface area (Å²) < 4.78 is 57.8. The van der Waals surface area contributed by atoms with Crippen LogP contribution < -0.4 is 18.9 Å². The zero-order valence-electron chi connectivity index (χ0n) is 66.9. The van der Waals surface area contributed by atoms with Gasteiger partial charge in [0, 0.05) is 45.5 Å². The maximum atomic E-state index is 12.9. The molecule has 0 radical (unpaired) electrons. The van der Waals surface area contributed by atoms with Gasteiger partial charge in [0.05, 0.1) is 70.9 Å². The zero-order chi connectivity index (χ0) is 80.2. The number of esters is 6. The van der Waals surface area contributed by atoms with Gasteiger partial charge in [0.15, 0.2) is 39.2 Å². The van der Waals surface area contributed by atoms with Crippen molar-refractivity contribution in [2.24, 2.45) is 58.2 Å². The Labute approximate surface area is 683 Å². The minimum Gasteiger partial charge on any atom is -0.489 e. The van der Waals surface area contributed by atoms with Crippen molar-refractivity contribution in [2.75, 3.05) is 49.4 Å². The molecule has 8 aliphatic rings. The summed E-state index contributed by atoms with van der Waals surface area (Å²) in [5, 5.41) is 0. The summed E-state index contributed by atoms with van der Waals surface area (Å²) in [7, 11) is 0.0955. The highest BCUT2D eigenvalue weighted by Gasteiger charge is 2.71. The summed E-state index contributed by atoms with van der Waals surface area (Å²) in [4.78, 5) is 84.7. The van der Waals surface area contributed by atoms with E-state index in [0.717, 1.165) is 75.1 Å². The molecule has 0 aromatic heterocycles. The molecule has 20 heteroatoms. The number of rotatable bonds is 24. The third-order valence-corrected chi connectivity index (χ3v) is 32.5. The Balaban J connectivity index is 0.000000139. The van der Waals surface area contributed by atoms with Crippen LogP contribution in [-0.4, -0.2) is 122 Å². The Morgan fingerprint density at radius 1 is 0.395 bits per heavy atom. The SMILES string of the molecule is CCC(C)(C)C(=O)OC1C2CC3C1OC(=O)C3C2Oc1ccc([S+](c2ccccc2)c2ccccc2)cc1.CCC(C)(C)C(=O)Oc1ccc([S+]2CCOCC2)cc1.CCC(C)C(=O)OC1C2CC3C1OC(=O)C3C2Oc1ccc([S+](c2ccccc2)c2ccccc2)cc1.CCC(C)C(=O)Oc1ccc([S+]2CCOCC2)cc1. The van der Waals surface area contributed by atoms with Crippen LogP contribution >= 0.6 is 0 Å². The number of hydrogen-bond donors (Lipinski definition) is 0. The van der Waals surface area contributed by atoms with Gasteiger partial charge in [0.25, 0.3) is 0 Å². The lowest BCUT2D eigenvalue weighted by atomic mass is 9.84. The summed E-state index contributed by atoms with van der Waals surface area (Å²) in [6, 6.07) is 74.4. The highest BCUT2D eigenvalue weighted by atomic mass is 32.2. The van der Waals surface area contributed by atoms with E-state index in [2.05, 4.69) is 146 Å². The van der Waals surface area contributed by atoms with Crippen LogP contribution in [-0.2, 0) is 101 Å². The highest BCUT2D eigenvalue weighted by Crippen LogP contribution is 2.58. The van der Waals surface area contributed by atoms with Crippen LogP contribution in [0.4, 0.5) is 0 Å². The molecule has 114 heavy (non-hydrogen) atoms. The third kappa shape index (κ3) is 19.3. The topological polar surface area (TPSA) is 195 Å². The summed E-state index contributed by atoms with van der Waals surface area (Å²) in [6.45, 7) is 22.7. The van der Waals surface area contributed by atoms with Gasteiger partial charge in [-0.3, -0.25) is 28.8 Å². The van der Waals surface area contributed by atoms with Crippen LogP contribution in [0.1, 0.15) is 108 Å². The molecule has 14 unspecified atom stereocenters. The van der Waals surface area contributed by atoms with Crippen molar-refractivity contribution in [3.8, 4) is 23.0 Å². The van der Waals surface area contributed by atoms with E-state index >= 15 is 0 Å². The van der Waals surface area contributed by atoms with Gasteiger partial charge < -0.3 is 47.4 Å². The predicted molar refractivity (Wildman–Crippen MR) is 445 cm³/mol. The minimum absolute atomic E-state index is 0.0395. The molecule has 4 heterocycles. The number of benzene rings is 8. The molecule has 8 aromatic carbocycles. The third-order valence-electron chi connectivity index (χ3n) is 23.6. The first kappa shape index (κ1) is 83.4. The molecule has 4 aliphatic carbocycles. The Hall–Kier alpha value is -8.50. The number of carbonyl (C=O) groups excluding carboxylic acids is 6. The Kier molecular flexibility index (Phi) is 27.9. The average molecular weight is 1620 g/mol. The molecule has 4 bridgehead atoms. The van der Waals surface area contributed by atoms with Crippen molar-refractivity contribution in [3.05, 3.63) is 218 Å². The van der Waals surface area contributed by atoms with Crippen LogP contribution in [0.15, 0.2) is 258 Å². The largest absolute Gasteiger partial charge is 0.489 e. The minimum atomic E-state index is -0.579. The molecule has 8 fully saturated rings. The van der Waals surface area contributed by atoms with Gasteiger partial charge in [-0.05, 0) is 212 Å². The van der Waals surface area contributed by atoms with Gasteiger partial charge in [-0.2, -0.15) is 0 Å². The second-order valence-electron chi connectivity index (χ2n) is 31.6. The molecule has 0 amide bonds. The molecule has 8 aromatic rings. The number of fused-ring (bicyclic) bond motifs is 2. The normalized spacial score (nSPS) is 24.3. The molecule has 600 valence electrons. The molecule has 0 spiro atoms. The fraction of sp³-hybridized carbons (Fsp3) is 0.426. The van der Waals surface area contributed by atoms with Crippen molar-refractivity contribution >= 4 is 79.4 Å². The first-order valence-electron chi connectivity index (χ1n) is 40.3. The van der Waals surface area contributed by atoms with Gasteiger partial charge in [0.1, 0.15) is 94.5 Å². The lowest BCUT2D eigenvalue weighted by Crippen LogP contribution is -2.46. The standard InChI is InChI=1S/C32H33O5S.C31H31O5S.C16H23O3S.C15H21O3S/c1-4-32(2,3)31(34)37-29-25-19-24-26(30(33)36-28(24)29)27(25)35-20-15-17-23(18-16-20)38(21-11-7-5-8-12-21)22-13-9-6-10-14-22;1-3-19(2)30(32)35-29-25-18-24-26(31(33)36-28(24)29)27(25)34-20-14-16-23(17-15-20)37(21-10-6-4-7-11-21)22-12-8-5-9-13-22;1-4-16(2,3)15(17)19-13-5-7-14(8-6-13)20-11-9-18-10-12-20;1-3-12(2)15(16)18-13-4-6-14(7-5-13)19-10-8-17-9-11-19/h5-18,24-29H,4,19H2,1-3H3;4-17,19,24-29H,3,18H2,1-2H3;5-8H,4,9-12H2,1-3H3;4-7,12H,3,8-11H2,1-2H3/q4*+1. The summed E-state index contributed by atoms with van der Waals surface area (Å²) in [5.74, 6) is 5.06. The van der Waals surface area contributed by atoms with E-state index in [-0.39, 0.29) is 140 Å². The van der Waals surface area contributed by atoms with Gasteiger partial charge in [-0.15, -0.1) is 0 Å². The summed E-state index contributed by atoms with van der Waals surface area (Å²) >= 11 is 0. The van der Waals surface area contributed by atoms with Crippen LogP contribution in [0, 0.1) is 58.2 Å². The molecule has 0 N–H and O–H groups in total. The van der Waals surface area contributed by atoms with Gasteiger partial charge >= 0.3 is 35.8 Å². The van der Waals surface area contributed by atoms with Crippen LogP contribution in [0.3, 0.4) is 0 Å². The van der Waals surface area contributed by atoms with Crippen LogP contribution in [0.5, 0.6) is 23.0 Å². The fourth-order valence-corrected chi connectivity index (χ4v) is 23.5. The molecule has 4 saturated heterocycles. The van der Waals surface area contributed by atoms with Crippen LogP contribution in [0.25, 0.3) is 0 Å². The van der Waals surface area contributed by atoms with E-state index in [1.165, 1.54) is 39.2 Å². The number of ether oxygens (including phenoxy) is 10. The molecule has 16 rings (SSSR count). The maximum Gasteiger partial charge on any atom is 0.316 e. The predicted octanol–water partition coefficient (Wildman–Crippen LogP) is 17.4. The van der Waals surface area contributed by atoms with E-state index in [1.807, 2.05) is 142 Å². The monoisotopic (exact) mass is 1620 g/mol. The van der Waals surface area contributed by atoms with Crippen molar-refractivity contribution in [1.82, 2.24) is 0 Å². The smallest absolute Gasteiger partial charge is 0.316 e. The average Bonchev–Trinajstić information content (AvgIpc) is 1.56. The molecular weight excluding hydrogens is 1510 g/mol. The fourth-order valence-electron chi connectivity index (χ4n) is 15.7. The van der Waals surface area contributed by atoms with Crippen molar-refractivity contribution < 1.29 is 76.1 Å². The summed E-state index contributed by atoms with van der Waals surface area (Å²) in [5.41, 5.74) is -1.01. The second-order valence-corrected chi connectivity index (χ2v) is 40.2. The summed E-state index contributed by atoms with van der Waals surface area (Å²) in [6.07, 6.45) is 2.26. The Morgan fingerprint density at radius 2 is 0.719 bits per heavy atom. The maximum absolute atomic E-state index is 12.9. The number of hydrogen-bond acceptors (Lipinski definition) is 16. The quantitative estimate of drug-likeness (QED) is 0.0240. The van der Waals surface area contributed by atoms with Crippen molar-refractivity contribution in [3.63, 3.8) is 0 Å². The van der Waals surface area contributed by atoms with E-state index < -0.39 is 23.0 Å². The molecular formula is C94H108O16S4+4. The van der Waals surface area contributed by atoms with E-state index in [4.69, 9.17) is 47.4 Å². The Bertz CT molecular complexity index is 4430. The van der Waals surface area contributed by atoms with Gasteiger partial charge in [-0.25, -0.2) is 0 Å². The number of carbonyl (C=O) groups is 6. The van der Waals surface area contributed by atoms with Gasteiger partial charge in [0.2, 0.25) is 0 Å². The highest BCUT2D eigenvalue weighted by molar-refractivity contribution is 7.98. The molecule has 4 aliphatic heterocycles. The van der Waals surface area contributed by atoms with Crippen molar-refractivity contribution in [1.29, 1.82) is 0 Å². The Morgan fingerprint density at radius 3 is 1.08 bits per heavy atom. The molecule has 14 atom stereocenters. The van der Waals surface area contributed by atoms with E-state index in [9.17, 15) is 28.8 Å². The molecule has 16 nitrogen and oxygen atoms in total. The van der Waals surface area contributed by atoms with E-state index in [1.54, 1.807) is 0 Å². The lowest BCUT2D eigenvalue weighted by Gasteiger charge is -2.33. The lowest BCUT2D eigenvalue weighted by molar-refractivity contribution is -0.172. The van der Waals surface area contributed by atoms with Gasteiger partial charge in [-0.1, -0.05) is 114 Å². The van der Waals surface area contributed by atoms with Crippen LogP contribution in [0.2, 0.25) is 0 Å². The second kappa shape index (κ2) is 38.1. The zero-order valence-corrected chi connectivity index (χ0v) is 70.2. The van der Waals surface area contributed by atoms with E-state index in [0.29, 0.717) is 46.7 Å². The first-order valence-corrected chi connectivity index (χ1v) is 45.9. The molecule has 4 saturated carbocycles. The van der Waals surface area contributed by atoms with Crippen molar-refractivity contribution in [2.45, 2.75) is 184 Å².